The SMILES string of the molecule is CCS(=O)(=O)[C@](Br)(I)[C@H](O)c1ccc(-c2ccccc2)cc1. The molecule has 0 bridgehead atoms. The van der Waals surface area contributed by atoms with Gasteiger partial charge in [0.25, 0.3) is 0 Å². The Morgan fingerprint density at radius 2 is 1.59 bits per heavy atom. The van der Waals surface area contributed by atoms with E-state index in [1.807, 2.05) is 42.5 Å². The molecule has 0 aliphatic carbocycles. The fourth-order valence-electron chi connectivity index (χ4n) is 2.05. The number of alkyl halides is 2. The molecule has 0 unspecified atom stereocenters. The van der Waals surface area contributed by atoms with Crippen LogP contribution < -0.4 is 0 Å². The highest BCUT2D eigenvalue weighted by atomic mass is 127. The Balaban J connectivity index is 2.31. The van der Waals surface area contributed by atoms with Crippen molar-refractivity contribution in [1.29, 1.82) is 0 Å². The Hall–Kier alpha value is -0.440. The average Bonchev–Trinajstić information content (AvgIpc) is 2.55. The van der Waals surface area contributed by atoms with E-state index in [0.29, 0.717) is 5.56 Å². The van der Waals surface area contributed by atoms with E-state index in [9.17, 15) is 13.5 Å². The lowest BCUT2D eigenvalue weighted by Gasteiger charge is -2.26. The summed E-state index contributed by atoms with van der Waals surface area (Å²) in [5, 5.41) is 10.4. The third kappa shape index (κ3) is 3.55. The molecule has 0 spiro atoms. The van der Waals surface area contributed by atoms with E-state index < -0.39 is 17.6 Å². The molecule has 0 aliphatic heterocycles. The highest BCUT2D eigenvalue weighted by Crippen LogP contribution is 2.45. The van der Waals surface area contributed by atoms with E-state index in [2.05, 4.69) is 15.9 Å². The van der Waals surface area contributed by atoms with Gasteiger partial charge in [-0.05, 0) is 39.3 Å². The van der Waals surface area contributed by atoms with Crippen LogP contribution in [0, 0.1) is 0 Å². The molecule has 0 aliphatic rings. The molecule has 22 heavy (non-hydrogen) atoms. The van der Waals surface area contributed by atoms with Gasteiger partial charge in [-0.1, -0.05) is 77.5 Å². The Labute approximate surface area is 152 Å². The normalized spacial score (nSPS) is 16.0. The predicted octanol–water partition coefficient (Wildman–Crippen LogP) is 4.31. The van der Waals surface area contributed by atoms with Crippen LogP contribution in [0.4, 0.5) is 0 Å². The van der Waals surface area contributed by atoms with Gasteiger partial charge in [0.1, 0.15) is 6.10 Å². The average molecular weight is 495 g/mol. The monoisotopic (exact) mass is 494 g/mol. The number of hydrogen-bond donors (Lipinski definition) is 1. The highest BCUT2D eigenvalue weighted by molar-refractivity contribution is 14.1. The summed E-state index contributed by atoms with van der Waals surface area (Å²) in [7, 11) is -3.45. The first-order chi connectivity index (χ1) is 10.3. The number of rotatable bonds is 5. The molecule has 2 rings (SSSR count). The van der Waals surface area contributed by atoms with Crippen LogP contribution in [0.5, 0.6) is 0 Å². The summed E-state index contributed by atoms with van der Waals surface area (Å²) in [6.45, 7) is 1.56. The van der Waals surface area contributed by atoms with Crippen LogP contribution >= 0.6 is 38.5 Å². The molecule has 0 saturated heterocycles. The van der Waals surface area contributed by atoms with Gasteiger partial charge < -0.3 is 5.11 Å². The molecular formula is C16H16BrIO3S. The maximum absolute atomic E-state index is 12.1. The maximum atomic E-state index is 12.1. The zero-order chi connectivity index (χ0) is 16.4. The molecule has 0 heterocycles. The van der Waals surface area contributed by atoms with E-state index in [0.717, 1.165) is 11.1 Å². The smallest absolute Gasteiger partial charge is 0.207 e. The van der Waals surface area contributed by atoms with Crippen molar-refractivity contribution in [2.45, 2.75) is 14.7 Å². The Bertz CT molecular complexity index is 728. The molecule has 0 saturated carbocycles. The van der Waals surface area contributed by atoms with Gasteiger partial charge in [0.05, 0.1) is 0 Å². The Kier molecular flexibility index (Phi) is 5.68. The lowest BCUT2D eigenvalue weighted by Crippen LogP contribution is -2.33. The maximum Gasteiger partial charge on any atom is 0.207 e. The zero-order valence-electron chi connectivity index (χ0n) is 11.9. The minimum Gasteiger partial charge on any atom is -0.385 e. The first-order valence-electron chi connectivity index (χ1n) is 6.73. The topological polar surface area (TPSA) is 54.4 Å². The summed E-state index contributed by atoms with van der Waals surface area (Å²) in [5.74, 6) is -0.0413. The fraction of sp³-hybridized carbons (Fsp3) is 0.250. The number of aliphatic hydroxyl groups is 1. The molecular weight excluding hydrogens is 479 g/mol. The van der Waals surface area contributed by atoms with Crippen molar-refractivity contribution in [3.05, 3.63) is 60.2 Å². The van der Waals surface area contributed by atoms with Gasteiger partial charge >= 0.3 is 0 Å². The van der Waals surface area contributed by atoms with Gasteiger partial charge in [0, 0.05) is 5.75 Å². The summed E-state index contributed by atoms with van der Waals surface area (Å²) in [5.41, 5.74) is 2.65. The van der Waals surface area contributed by atoms with Gasteiger partial charge in [0.2, 0.25) is 1.66 Å². The van der Waals surface area contributed by atoms with Crippen LogP contribution in [0.1, 0.15) is 18.6 Å². The molecule has 3 nitrogen and oxygen atoms in total. The molecule has 2 aromatic carbocycles. The van der Waals surface area contributed by atoms with E-state index in [1.54, 1.807) is 41.6 Å². The van der Waals surface area contributed by atoms with Crippen molar-refractivity contribution in [2.24, 2.45) is 0 Å². The lowest BCUT2D eigenvalue weighted by molar-refractivity contribution is 0.191. The molecule has 6 heteroatoms. The predicted molar refractivity (Wildman–Crippen MR) is 102 cm³/mol. The lowest BCUT2D eigenvalue weighted by atomic mass is 10.0. The molecule has 1 N–H and O–H groups in total. The van der Waals surface area contributed by atoms with Crippen molar-refractivity contribution in [1.82, 2.24) is 0 Å². The van der Waals surface area contributed by atoms with Gasteiger partial charge in [0.15, 0.2) is 9.84 Å². The number of halogens is 2. The van der Waals surface area contributed by atoms with Crippen molar-refractivity contribution in [3.63, 3.8) is 0 Å². The highest BCUT2D eigenvalue weighted by Gasteiger charge is 2.45. The minimum absolute atomic E-state index is 0.0413. The number of aliphatic hydroxyl groups excluding tert-OH is 1. The second kappa shape index (κ2) is 6.98. The summed E-state index contributed by atoms with van der Waals surface area (Å²) < 4.78 is 22.8. The van der Waals surface area contributed by atoms with Gasteiger partial charge in [-0.15, -0.1) is 0 Å². The second-order valence-corrected chi connectivity index (χ2v) is 13.0. The van der Waals surface area contributed by atoms with Gasteiger partial charge in [-0.3, -0.25) is 0 Å². The third-order valence-electron chi connectivity index (χ3n) is 3.45. The number of hydrogen-bond acceptors (Lipinski definition) is 3. The van der Waals surface area contributed by atoms with Crippen LogP contribution in [0.2, 0.25) is 0 Å². The van der Waals surface area contributed by atoms with Gasteiger partial charge in [-0.2, -0.15) is 0 Å². The molecule has 2 aromatic rings. The van der Waals surface area contributed by atoms with E-state index in [1.165, 1.54) is 0 Å². The molecule has 0 amide bonds. The number of sulfone groups is 1. The van der Waals surface area contributed by atoms with Crippen LogP contribution in [0.3, 0.4) is 0 Å². The summed E-state index contributed by atoms with van der Waals surface area (Å²) in [4.78, 5) is 0. The molecule has 0 aromatic heterocycles. The molecule has 2 atom stereocenters. The number of benzene rings is 2. The molecule has 0 radical (unpaired) electrons. The van der Waals surface area contributed by atoms with Crippen molar-refractivity contribution >= 4 is 48.4 Å². The Morgan fingerprint density at radius 3 is 2.09 bits per heavy atom. The van der Waals surface area contributed by atoms with Crippen LogP contribution in [-0.4, -0.2) is 20.9 Å². The fourth-order valence-corrected chi connectivity index (χ4v) is 5.15. The first kappa shape index (κ1) is 17.9. The van der Waals surface area contributed by atoms with Crippen molar-refractivity contribution in [2.75, 3.05) is 5.75 Å². The standard InChI is InChI=1S/C16H16BrIO3S/c1-2-22(20,21)16(17,18)15(19)14-10-8-13(9-11-14)12-6-4-3-5-7-12/h3-11,15,19H,2H2,1H3/t15-,16-/m1/s1. The largest absolute Gasteiger partial charge is 0.385 e. The summed E-state index contributed by atoms with van der Waals surface area (Å²) in [6, 6.07) is 17.1. The molecule has 118 valence electrons. The summed E-state index contributed by atoms with van der Waals surface area (Å²) in [6.07, 6.45) is -1.15. The first-order valence-corrected chi connectivity index (χ1v) is 10.3. The Morgan fingerprint density at radius 1 is 1.09 bits per heavy atom. The second-order valence-electron chi connectivity index (χ2n) is 4.86. The van der Waals surface area contributed by atoms with Crippen molar-refractivity contribution < 1.29 is 13.5 Å². The molecule has 0 fully saturated rings. The third-order valence-corrected chi connectivity index (χ3v) is 9.78. The van der Waals surface area contributed by atoms with Crippen LogP contribution in [-0.2, 0) is 9.84 Å². The van der Waals surface area contributed by atoms with Crippen LogP contribution in [0.15, 0.2) is 54.6 Å². The minimum atomic E-state index is -3.45. The van der Waals surface area contributed by atoms with E-state index in [4.69, 9.17) is 0 Å². The van der Waals surface area contributed by atoms with E-state index in [-0.39, 0.29) is 5.75 Å². The summed E-state index contributed by atoms with van der Waals surface area (Å²) >= 11 is 4.92. The van der Waals surface area contributed by atoms with E-state index >= 15 is 0 Å². The quantitative estimate of drug-likeness (QED) is 0.498. The zero-order valence-corrected chi connectivity index (χ0v) is 16.5. The van der Waals surface area contributed by atoms with Gasteiger partial charge in [-0.25, -0.2) is 8.42 Å². The van der Waals surface area contributed by atoms with Crippen molar-refractivity contribution in [3.8, 4) is 11.1 Å². The van der Waals surface area contributed by atoms with Crippen LogP contribution in [0.25, 0.3) is 11.1 Å².